The molecule has 0 bridgehead atoms. The van der Waals surface area contributed by atoms with E-state index in [1.165, 1.54) is 0 Å². The summed E-state index contributed by atoms with van der Waals surface area (Å²) in [5, 5.41) is 0. The maximum Gasteiger partial charge on any atom is 0.489 e. The van der Waals surface area contributed by atoms with Gasteiger partial charge in [-0.2, -0.15) is 13.2 Å². The average molecular weight is 218 g/mol. The third-order valence-corrected chi connectivity index (χ3v) is 1.31. The zero-order chi connectivity index (χ0) is 11.0. The molecule has 14 heavy (non-hydrogen) atoms. The van der Waals surface area contributed by atoms with E-state index in [2.05, 4.69) is 4.98 Å². The summed E-state index contributed by atoms with van der Waals surface area (Å²) in [6.45, 7) is 0. The van der Waals surface area contributed by atoms with Gasteiger partial charge in [-0.1, -0.05) is 0 Å². The largest absolute Gasteiger partial charge is 0.489 e. The molecule has 2 nitrogen and oxygen atoms in total. The minimum Gasteiger partial charge on any atom is -0.248 e. The van der Waals surface area contributed by atoms with Crippen LogP contribution >= 0.6 is 0 Å². The van der Waals surface area contributed by atoms with Gasteiger partial charge in [0.1, 0.15) is 6.33 Å². The van der Waals surface area contributed by atoms with Gasteiger partial charge >= 0.3 is 12.5 Å². The van der Waals surface area contributed by atoms with Crippen LogP contribution in [0.3, 0.4) is 0 Å². The monoisotopic (exact) mass is 218 g/mol. The van der Waals surface area contributed by atoms with E-state index >= 15 is 0 Å². The Bertz CT molecular complexity index is 309. The lowest BCUT2D eigenvalue weighted by molar-refractivity contribution is -0.204. The Morgan fingerprint density at radius 1 is 1.14 bits per heavy atom. The van der Waals surface area contributed by atoms with Crippen LogP contribution in [0.1, 0.15) is 5.69 Å². The Labute approximate surface area is 74.2 Å². The van der Waals surface area contributed by atoms with Crippen molar-refractivity contribution in [1.29, 1.82) is 0 Å². The Hall–Kier alpha value is -1.21. The third-order valence-electron chi connectivity index (χ3n) is 1.31. The van der Waals surface area contributed by atoms with Gasteiger partial charge in [0.2, 0.25) is 0 Å². The highest BCUT2D eigenvalue weighted by Gasteiger charge is 2.33. The molecule has 1 rings (SSSR count). The number of hydrogen-bond acceptors (Lipinski definition) is 1. The highest BCUT2D eigenvalue weighted by atomic mass is 19.4. The molecule has 0 aliphatic rings. The van der Waals surface area contributed by atoms with Gasteiger partial charge in [0.25, 0.3) is 0 Å². The zero-order valence-electron chi connectivity index (χ0n) is 6.52. The summed E-state index contributed by atoms with van der Waals surface area (Å²) in [6.07, 6.45) is -10.1. The van der Waals surface area contributed by atoms with E-state index in [1.807, 2.05) is 0 Å². The molecular weight excluding hydrogens is 214 g/mol. The number of alkyl halides is 6. The lowest BCUT2D eigenvalue weighted by Gasteiger charge is -2.05. The second-order valence-corrected chi connectivity index (χ2v) is 2.53. The first-order valence-electron chi connectivity index (χ1n) is 3.35. The molecule has 0 saturated carbocycles. The third kappa shape index (κ3) is 2.93. The smallest absolute Gasteiger partial charge is 0.248 e. The summed E-state index contributed by atoms with van der Waals surface area (Å²) in [5.41, 5.74) is -0.658. The molecule has 0 aliphatic heterocycles. The molecule has 0 saturated heterocycles. The molecule has 0 amide bonds. The number of imidazole rings is 1. The van der Waals surface area contributed by atoms with Crippen molar-refractivity contribution >= 4 is 0 Å². The second kappa shape index (κ2) is 3.18. The zero-order valence-corrected chi connectivity index (χ0v) is 6.52. The van der Waals surface area contributed by atoms with Crippen molar-refractivity contribution < 1.29 is 26.3 Å². The second-order valence-electron chi connectivity index (χ2n) is 2.53. The maximum absolute atomic E-state index is 11.9. The molecule has 1 aromatic heterocycles. The minimum atomic E-state index is -4.73. The molecule has 0 radical (unpaired) electrons. The fourth-order valence-electron chi connectivity index (χ4n) is 0.799. The van der Waals surface area contributed by atoms with Gasteiger partial charge in [0.05, 0.1) is 12.1 Å². The van der Waals surface area contributed by atoms with Crippen LogP contribution in [-0.2, 0) is 12.7 Å². The molecule has 0 unspecified atom stereocenters. The quantitative estimate of drug-likeness (QED) is 0.662. The molecule has 0 aliphatic carbocycles. The molecule has 0 fully saturated rings. The van der Waals surface area contributed by atoms with Crippen molar-refractivity contribution in [2.24, 2.45) is 0 Å². The fraction of sp³-hybridized carbons (Fsp3) is 0.500. The van der Waals surface area contributed by atoms with E-state index in [4.69, 9.17) is 0 Å². The fourth-order valence-corrected chi connectivity index (χ4v) is 0.799. The van der Waals surface area contributed by atoms with E-state index in [0.29, 0.717) is 12.5 Å². The normalized spacial score (nSPS) is 13.3. The summed E-state index contributed by atoms with van der Waals surface area (Å²) in [7, 11) is 0. The number of hydrogen-bond donors (Lipinski definition) is 0. The molecular formula is C6H4F6N2. The molecule has 0 atom stereocenters. The lowest BCUT2D eigenvalue weighted by atomic mass is 10.3. The Morgan fingerprint density at radius 3 is 2.07 bits per heavy atom. The number of aromatic nitrogens is 2. The van der Waals surface area contributed by atoms with E-state index in [-0.39, 0.29) is 4.57 Å². The minimum absolute atomic E-state index is 0.307. The van der Waals surface area contributed by atoms with Crippen LogP contribution < -0.4 is 0 Å². The van der Waals surface area contributed by atoms with E-state index in [0.717, 1.165) is 0 Å². The van der Waals surface area contributed by atoms with Gasteiger partial charge in [0, 0.05) is 6.20 Å². The topological polar surface area (TPSA) is 17.8 Å². The van der Waals surface area contributed by atoms with Crippen molar-refractivity contribution in [3.8, 4) is 0 Å². The molecule has 1 heterocycles. The first kappa shape index (κ1) is 10.9. The van der Waals surface area contributed by atoms with Crippen molar-refractivity contribution in [3.63, 3.8) is 0 Å². The van der Waals surface area contributed by atoms with Gasteiger partial charge < -0.3 is 0 Å². The van der Waals surface area contributed by atoms with Crippen LogP contribution in [0.2, 0.25) is 0 Å². The van der Waals surface area contributed by atoms with Crippen molar-refractivity contribution in [1.82, 2.24) is 9.55 Å². The predicted octanol–water partition coefficient (Wildman–Crippen LogP) is 2.46. The standard InChI is InChI=1S/C6H4F6N2/c7-5(8,9)1-4-2-14(3-13-4)6(10,11)12/h2-3H,1H2. The average Bonchev–Trinajstić information content (AvgIpc) is 2.29. The van der Waals surface area contributed by atoms with Crippen molar-refractivity contribution in [2.45, 2.75) is 18.9 Å². The van der Waals surface area contributed by atoms with Gasteiger partial charge in [-0.3, -0.25) is 0 Å². The summed E-state index contributed by atoms with van der Waals surface area (Å²) in [4.78, 5) is 2.99. The molecule has 0 aromatic carbocycles. The van der Waals surface area contributed by atoms with E-state index in [9.17, 15) is 26.3 Å². The Kier molecular flexibility index (Phi) is 2.47. The molecule has 8 heteroatoms. The number of nitrogens with zero attached hydrogens (tertiary/aromatic N) is 2. The van der Waals surface area contributed by atoms with Gasteiger partial charge in [-0.05, 0) is 0 Å². The van der Waals surface area contributed by atoms with Crippen LogP contribution in [-0.4, -0.2) is 15.7 Å². The molecule has 0 N–H and O–H groups in total. The Balaban J connectivity index is 2.79. The molecule has 1 aromatic rings. The van der Waals surface area contributed by atoms with Crippen LogP contribution in [0.5, 0.6) is 0 Å². The van der Waals surface area contributed by atoms with Gasteiger partial charge in [0.15, 0.2) is 0 Å². The summed E-state index contributed by atoms with van der Waals surface area (Å²) in [6, 6.07) is 0. The van der Waals surface area contributed by atoms with E-state index < -0.39 is 24.6 Å². The first-order valence-corrected chi connectivity index (χ1v) is 3.35. The van der Waals surface area contributed by atoms with Crippen LogP contribution in [0.4, 0.5) is 26.3 Å². The lowest BCUT2D eigenvalue weighted by Crippen LogP contribution is -2.15. The predicted molar refractivity (Wildman–Crippen MR) is 33.3 cm³/mol. The number of halogens is 6. The number of rotatable bonds is 1. The SMILES string of the molecule is FC(F)(F)Cc1cn(C(F)(F)F)cn1. The van der Waals surface area contributed by atoms with Crippen LogP contribution in [0.25, 0.3) is 0 Å². The van der Waals surface area contributed by atoms with E-state index in [1.54, 1.807) is 0 Å². The maximum atomic E-state index is 11.9. The Morgan fingerprint density at radius 2 is 1.71 bits per heavy atom. The molecule has 80 valence electrons. The van der Waals surface area contributed by atoms with Gasteiger partial charge in [-0.15, -0.1) is 13.2 Å². The highest BCUT2D eigenvalue weighted by Crippen LogP contribution is 2.24. The van der Waals surface area contributed by atoms with Crippen LogP contribution in [0.15, 0.2) is 12.5 Å². The summed E-state index contributed by atoms with van der Waals surface area (Å²) >= 11 is 0. The van der Waals surface area contributed by atoms with Gasteiger partial charge in [-0.25, -0.2) is 9.55 Å². The van der Waals surface area contributed by atoms with Crippen LogP contribution in [0, 0.1) is 0 Å². The highest BCUT2D eigenvalue weighted by molar-refractivity contribution is 4.99. The summed E-state index contributed by atoms with van der Waals surface area (Å²) < 4.78 is 70.5. The summed E-state index contributed by atoms with van der Waals surface area (Å²) in [5.74, 6) is 0. The molecule has 0 spiro atoms. The van der Waals surface area contributed by atoms with Crippen molar-refractivity contribution in [2.75, 3.05) is 0 Å². The first-order chi connectivity index (χ1) is 6.18. The van der Waals surface area contributed by atoms with Crippen molar-refractivity contribution in [3.05, 3.63) is 18.2 Å².